The second kappa shape index (κ2) is 38.9. The summed E-state index contributed by atoms with van der Waals surface area (Å²) in [6.45, 7) is 9.61. The SMILES string of the molecule is CCCC[O-].CCCC[O-].CCCC[O-].CCOC(=O)/C=C(/C)[O-].[Ti+4]. The van der Waals surface area contributed by atoms with E-state index < -0.39 is 5.97 Å². The summed E-state index contributed by atoms with van der Waals surface area (Å²) in [4.78, 5) is 10.4. The number of rotatable bonds is 8. The van der Waals surface area contributed by atoms with Crippen LogP contribution < -0.4 is 20.4 Å². The van der Waals surface area contributed by atoms with Crippen molar-refractivity contribution in [3.8, 4) is 0 Å². The minimum Gasteiger partial charge on any atom is -0.875 e. The third kappa shape index (κ3) is 69.3. The molecular formula is C18H36O6Ti. The van der Waals surface area contributed by atoms with Gasteiger partial charge in [0, 0.05) is 6.08 Å². The third-order valence-corrected chi connectivity index (χ3v) is 2.10. The molecule has 0 heterocycles. The summed E-state index contributed by atoms with van der Waals surface area (Å²) < 4.78 is 4.44. The van der Waals surface area contributed by atoms with E-state index in [0.717, 1.165) is 44.6 Å². The van der Waals surface area contributed by atoms with Crippen molar-refractivity contribution >= 4 is 5.97 Å². The Morgan fingerprint density at radius 2 is 1.16 bits per heavy atom. The monoisotopic (exact) mass is 396 g/mol. The summed E-state index contributed by atoms with van der Waals surface area (Å²) in [6, 6.07) is 0. The predicted molar refractivity (Wildman–Crippen MR) is 89.7 cm³/mol. The fraction of sp³-hybridized carbons (Fsp3) is 0.833. The molecule has 0 saturated heterocycles. The van der Waals surface area contributed by atoms with E-state index in [2.05, 4.69) is 4.74 Å². The van der Waals surface area contributed by atoms with Gasteiger partial charge in [0.05, 0.1) is 6.61 Å². The van der Waals surface area contributed by atoms with E-state index in [9.17, 15) is 25.2 Å². The van der Waals surface area contributed by atoms with E-state index in [-0.39, 0.29) is 47.3 Å². The first-order chi connectivity index (χ1) is 11.4. The molecule has 0 aliphatic carbocycles. The van der Waals surface area contributed by atoms with Gasteiger partial charge in [0.25, 0.3) is 0 Å². The van der Waals surface area contributed by atoms with Crippen LogP contribution in [-0.2, 0) is 31.2 Å². The molecule has 0 radical (unpaired) electrons. The molecule has 0 aliphatic heterocycles. The zero-order chi connectivity index (χ0) is 19.6. The molecule has 0 aliphatic rings. The second-order valence-corrected chi connectivity index (χ2v) is 4.68. The zero-order valence-corrected chi connectivity index (χ0v) is 18.2. The first-order valence-electron chi connectivity index (χ1n) is 8.67. The minimum atomic E-state index is -0.565. The maximum atomic E-state index is 10.4. The smallest absolute Gasteiger partial charge is 0.875 e. The molecule has 0 unspecified atom stereocenters. The molecule has 148 valence electrons. The van der Waals surface area contributed by atoms with Gasteiger partial charge in [-0.2, -0.15) is 0 Å². The molecule has 0 saturated carbocycles. The minimum absolute atomic E-state index is 0. The number of ether oxygens (including phenoxy) is 1. The second-order valence-electron chi connectivity index (χ2n) is 4.68. The fourth-order valence-electron chi connectivity index (χ4n) is 0.783. The molecule has 0 amide bonds. The molecule has 0 atom stereocenters. The Morgan fingerprint density at radius 1 is 0.840 bits per heavy atom. The largest absolute Gasteiger partial charge is 4.00 e. The molecule has 0 bridgehead atoms. The first kappa shape index (κ1) is 35.7. The van der Waals surface area contributed by atoms with E-state index in [4.69, 9.17) is 0 Å². The van der Waals surface area contributed by atoms with Crippen molar-refractivity contribution in [1.82, 2.24) is 0 Å². The van der Waals surface area contributed by atoms with E-state index in [0.29, 0.717) is 6.61 Å². The fourth-order valence-corrected chi connectivity index (χ4v) is 0.783. The van der Waals surface area contributed by atoms with Gasteiger partial charge in [0.2, 0.25) is 0 Å². The Kier molecular flexibility index (Phi) is 55.5. The van der Waals surface area contributed by atoms with Crippen molar-refractivity contribution in [3.05, 3.63) is 11.8 Å². The molecule has 7 heteroatoms. The quantitative estimate of drug-likeness (QED) is 0.251. The van der Waals surface area contributed by atoms with Crippen LogP contribution in [0.3, 0.4) is 0 Å². The molecule has 0 spiro atoms. The van der Waals surface area contributed by atoms with Crippen molar-refractivity contribution in [1.29, 1.82) is 0 Å². The van der Waals surface area contributed by atoms with Gasteiger partial charge in [-0.3, -0.25) is 0 Å². The van der Waals surface area contributed by atoms with E-state index in [1.165, 1.54) is 6.92 Å². The molecule has 0 aromatic heterocycles. The summed E-state index contributed by atoms with van der Waals surface area (Å²) >= 11 is 0. The number of hydrogen-bond donors (Lipinski definition) is 0. The molecule has 0 fully saturated rings. The van der Waals surface area contributed by atoms with Crippen LogP contribution in [0.25, 0.3) is 0 Å². The number of carbonyl (C=O) groups excluding carboxylic acids is 1. The summed E-state index contributed by atoms with van der Waals surface area (Å²) in [5.41, 5.74) is 0. The maximum absolute atomic E-state index is 10.4. The van der Waals surface area contributed by atoms with Crippen molar-refractivity contribution in [2.24, 2.45) is 0 Å². The van der Waals surface area contributed by atoms with Crippen molar-refractivity contribution in [2.75, 3.05) is 26.4 Å². The Labute approximate surface area is 169 Å². The number of allylic oxidation sites excluding steroid dienone is 1. The Morgan fingerprint density at radius 3 is 1.28 bits per heavy atom. The van der Waals surface area contributed by atoms with Gasteiger partial charge in [-0.15, -0.1) is 25.6 Å². The van der Waals surface area contributed by atoms with Gasteiger partial charge >= 0.3 is 27.7 Å². The molecule has 0 N–H and O–H groups in total. The third-order valence-electron chi connectivity index (χ3n) is 2.10. The summed E-state index contributed by atoms with van der Waals surface area (Å²) in [5.74, 6) is -0.849. The summed E-state index contributed by atoms with van der Waals surface area (Å²) in [5, 5.41) is 38.8. The topological polar surface area (TPSA) is 119 Å². The van der Waals surface area contributed by atoms with Crippen LogP contribution in [-0.4, -0.2) is 32.4 Å². The van der Waals surface area contributed by atoms with E-state index >= 15 is 0 Å². The molecule has 0 aromatic rings. The molecular weight excluding hydrogens is 360 g/mol. The van der Waals surface area contributed by atoms with Crippen LogP contribution in [0.15, 0.2) is 11.8 Å². The number of esters is 1. The van der Waals surface area contributed by atoms with Crippen LogP contribution in [0.4, 0.5) is 0 Å². The molecule has 6 nitrogen and oxygen atoms in total. The predicted octanol–water partition coefficient (Wildman–Crippen LogP) is 0.252. The number of hydrogen-bond acceptors (Lipinski definition) is 6. The van der Waals surface area contributed by atoms with E-state index in [1.807, 2.05) is 20.8 Å². The van der Waals surface area contributed by atoms with Crippen LogP contribution >= 0.6 is 0 Å². The van der Waals surface area contributed by atoms with Crippen molar-refractivity contribution in [3.63, 3.8) is 0 Å². The zero-order valence-electron chi connectivity index (χ0n) is 16.6. The van der Waals surface area contributed by atoms with Gasteiger partial charge in [-0.25, -0.2) is 4.79 Å². The standard InChI is InChI=1S/C6H10O3.3C4H9O.Ti/c1-3-9-6(8)4-5(2)7;3*1-2-3-4-5;/h4,7H,3H2,1-2H3;3*2-4H2,1H3;/q;3*-1;+4/p-1/b5-4-;;;;. The van der Waals surface area contributed by atoms with Gasteiger partial charge < -0.3 is 25.2 Å². The summed E-state index contributed by atoms with van der Waals surface area (Å²) in [7, 11) is 0. The maximum Gasteiger partial charge on any atom is 4.00 e. The van der Waals surface area contributed by atoms with Gasteiger partial charge in [0.15, 0.2) is 0 Å². The molecule has 25 heavy (non-hydrogen) atoms. The Balaban J connectivity index is -0.0000000733. The average Bonchev–Trinajstić information content (AvgIpc) is 2.51. The van der Waals surface area contributed by atoms with Crippen LogP contribution in [0.5, 0.6) is 0 Å². The summed E-state index contributed by atoms with van der Waals surface area (Å²) in [6.07, 6.45) is 6.51. The van der Waals surface area contributed by atoms with Gasteiger partial charge in [0.1, 0.15) is 0 Å². The van der Waals surface area contributed by atoms with Crippen LogP contribution in [0.2, 0.25) is 0 Å². The van der Waals surface area contributed by atoms with Gasteiger partial charge in [-0.1, -0.05) is 66.2 Å². The Hall–Kier alpha value is -0.396. The molecule has 0 aromatic carbocycles. The molecule has 0 rings (SSSR count). The average molecular weight is 396 g/mol. The van der Waals surface area contributed by atoms with Crippen LogP contribution in [0.1, 0.15) is 73.1 Å². The number of carbonyl (C=O) groups is 1. The van der Waals surface area contributed by atoms with E-state index in [1.54, 1.807) is 6.92 Å². The normalized spacial score (nSPS) is 9.04. The van der Waals surface area contributed by atoms with Crippen molar-refractivity contribution < 1.29 is 51.7 Å². The first-order valence-corrected chi connectivity index (χ1v) is 8.67. The number of unbranched alkanes of at least 4 members (excludes halogenated alkanes) is 3. The Bertz CT molecular complexity index is 223. The van der Waals surface area contributed by atoms with Crippen molar-refractivity contribution in [2.45, 2.75) is 73.1 Å². The van der Waals surface area contributed by atoms with Gasteiger partial charge in [-0.05, 0) is 6.92 Å². The van der Waals surface area contributed by atoms with Crippen LogP contribution in [0, 0.1) is 0 Å².